The van der Waals surface area contributed by atoms with E-state index in [1.54, 1.807) is 6.20 Å². The number of imidazole rings is 1. The van der Waals surface area contributed by atoms with E-state index in [2.05, 4.69) is 145 Å². The molecule has 0 saturated carbocycles. The minimum absolute atomic E-state index is 0.0307. The van der Waals surface area contributed by atoms with Crippen LogP contribution in [0.4, 0.5) is 0 Å². The highest BCUT2D eigenvalue weighted by atomic mass is 16.5. The second-order valence-electron chi connectivity index (χ2n) is 19.8. The average molecular weight is 770 g/mol. The Hall–Kier alpha value is -5.75. The first-order valence-corrected chi connectivity index (χ1v) is 20.3. The fourth-order valence-corrected chi connectivity index (χ4v) is 7.58. The third-order valence-corrected chi connectivity index (χ3v) is 10.8. The molecular weight excluding hydrogens is 711 g/mol. The largest absolute Gasteiger partial charge is 0.458 e. The summed E-state index contributed by atoms with van der Waals surface area (Å²) in [5.74, 6) is 2.76. The Balaban J connectivity index is 1.27. The van der Waals surface area contributed by atoms with Crippen LogP contribution in [-0.4, -0.2) is 19.1 Å². The van der Waals surface area contributed by atoms with Gasteiger partial charge in [-0.05, 0) is 99.3 Å². The summed E-state index contributed by atoms with van der Waals surface area (Å²) >= 11 is 0. The van der Waals surface area contributed by atoms with Crippen molar-refractivity contribution in [1.29, 1.82) is 0 Å². The van der Waals surface area contributed by atoms with E-state index in [0.717, 1.165) is 44.3 Å². The molecule has 0 bridgehead atoms. The molecule has 0 fully saturated rings. The molecule has 4 aromatic heterocycles. The fraction of sp³-hybridized carbons (Fsp3) is 0.327. The average Bonchev–Trinajstić information content (AvgIpc) is 3.72. The number of ether oxygens (including phenoxy) is 1. The van der Waals surface area contributed by atoms with E-state index < -0.39 is 11.8 Å². The number of rotatable bonds is 6. The maximum Gasteiger partial charge on any atom is 0.271 e. The molecule has 4 aromatic carbocycles. The van der Waals surface area contributed by atoms with Crippen molar-refractivity contribution < 1.29 is 12.0 Å². The van der Waals surface area contributed by atoms with Crippen LogP contribution in [0.15, 0.2) is 116 Å². The molecule has 0 aliphatic carbocycles. The van der Waals surface area contributed by atoms with Crippen molar-refractivity contribution in [2.75, 3.05) is 0 Å². The Morgan fingerprint density at radius 2 is 1.22 bits per heavy atom. The van der Waals surface area contributed by atoms with Crippen molar-refractivity contribution in [2.45, 2.75) is 106 Å². The van der Waals surface area contributed by atoms with Gasteiger partial charge in [0.1, 0.15) is 17.3 Å². The standard InChI is InChI=1S/C52H57N5O/c1-49(2,3)32-34-17-20-44-46(25-34)56(33-55(44)38-27-36(51(7,8)9)26-37(28-38)52(10,11)12)47-31-40(22-24-53-47)58-39-18-19-42-41-15-13-14-16-43(41)57(45(42)30-39)48-29-35(21-23-54-48)50(4,5)6/h13-31H,32H2,1-12H3/i32D2. The first-order valence-electron chi connectivity index (χ1n) is 21.3. The van der Waals surface area contributed by atoms with Crippen LogP contribution < -0.4 is 9.30 Å². The van der Waals surface area contributed by atoms with Gasteiger partial charge in [-0.15, -0.1) is 0 Å². The Labute approximate surface area is 347 Å². The maximum absolute atomic E-state index is 9.19. The van der Waals surface area contributed by atoms with Crippen molar-refractivity contribution in [3.8, 4) is 28.8 Å². The topological polar surface area (TPSA) is 48.8 Å². The van der Waals surface area contributed by atoms with Crippen molar-refractivity contribution in [1.82, 2.24) is 19.1 Å². The number of hydrogen-bond donors (Lipinski definition) is 0. The van der Waals surface area contributed by atoms with Gasteiger partial charge >= 0.3 is 0 Å². The summed E-state index contributed by atoms with van der Waals surface area (Å²) < 4.78 is 31.3. The predicted octanol–water partition coefficient (Wildman–Crippen LogP) is 12.9. The third kappa shape index (κ3) is 7.65. The smallest absolute Gasteiger partial charge is 0.271 e. The van der Waals surface area contributed by atoms with Crippen LogP contribution in [0.3, 0.4) is 0 Å². The van der Waals surface area contributed by atoms with Gasteiger partial charge < -0.3 is 4.74 Å². The Morgan fingerprint density at radius 1 is 0.586 bits per heavy atom. The zero-order valence-electron chi connectivity index (χ0n) is 38.1. The minimum Gasteiger partial charge on any atom is -0.458 e. The molecule has 58 heavy (non-hydrogen) atoms. The summed E-state index contributed by atoms with van der Waals surface area (Å²) in [7, 11) is 0. The zero-order valence-corrected chi connectivity index (χ0v) is 36.1. The van der Waals surface area contributed by atoms with Crippen molar-refractivity contribution in [2.24, 2.45) is 5.41 Å². The van der Waals surface area contributed by atoms with Crippen LogP contribution in [0.1, 0.15) is 108 Å². The van der Waals surface area contributed by atoms with Crippen molar-refractivity contribution in [3.63, 3.8) is 0 Å². The monoisotopic (exact) mass is 769 g/mol. The van der Waals surface area contributed by atoms with Gasteiger partial charge in [-0.3, -0.25) is 18.7 Å². The van der Waals surface area contributed by atoms with Crippen LogP contribution in [0.25, 0.3) is 50.2 Å². The van der Waals surface area contributed by atoms with Crippen molar-refractivity contribution in [3.05, 3.63) is 144 Å². The number of benzene rings is 4. The van der Waals surface area contributed by atoms with Crippen molar-refractivity contribution >= 4 is 32.8 Å². The van der Waals surface area contributed by atoms with Gasteiger partial charge in [-0.1, -0.05) is 125 Å². The first kappa shape index (κ1) is 36.6. The van der Waals surface area contributed by atoms with Gasteiger partial charge in [0.05, 0.1) is 27.8 Å². The van der Waals surface area contributed by atoms with E-state index in [1.807, 2.05) is 67.9 Å². The first-order chi connectivity index (χ1) is 28.0. The van der Waals surface area contributed by atoms with Crippen LogP contribution >= 0.6 is 0 Å². The molecule has 0 saturated heterocycles. The molecule has 0 atom stereocenters. The number of para-hydroxylation sites is 1. The lowest BCUT2D eigenvalue weighted by Gasteiger charge is -2.26. The maximum atomic E-state index is 9.19. The van der Waals surface area contributed by atoms with E-state index in [1.165, 1.54) is 16.7 Å². The molecule has 4 heterocycles. The highest BCUT2D eigenvalue weighted by Gasteiger charge is 2.24. The third-order valence-electron chi connectivity index (χ3n) is 10.8. The van der Waals surface area contributed by atoms with E-state index >= 15 is 0 Å². The minimum atomic E-state index is -1.60. The number of pyridine rings is 2. The summed E-state index contributed by atoms with van der Waals surface area (Å²) in [6.07, 6.45) is 5.70. The summed E-state index contributed by atoms with van der Waals surface area (Å²) in [6.45, 7) is 25.9. The van der Waals surface area contributed by atoms with E-state index in [0.29, 0.717) is 22.9 Å². The highest BCUT2D eigenvalue weighted by Crippen LogP contribution is 2.37. The second kappa shape index (κ2) is 14.0. The van der Waals surface area contributed by atoms with Crippen LogP contribution in [0.5, 0.6) is 11.5 Å². The van der Waals surface area contributed by atoms with Gasteiger partial charge in [-0.25, -0.2) is 4.98 Å². The van der Waals surface area contributed by atoms with E-state index in [4.69, 9.17) is 14.7 Å². The predicted molar refractivity (Wildman–Crippen MR) is 239 cm³/mol. The lowest BCUT2D eigenvalue weighted by atomic mass is 9.80. The molecule has 6 heteroatoms. The molecule has 8 aromatic rings. The SMILES string of the molecule is [2H]C([2H])(c1ccc2c(c1)n(-c1cc(Oc3ccc4c5ccccc5n(-c5cc(C(C)(C)C)ccn5)c4c3)ccn1)[c-][n+]2-c1cc(C(C)(C)C)cc(C(C)(C)C)c1)C(C)(C)C. The van der Waals surface area contributed by atoms with Gasteiger partial charge in [-0.2, -0.15) is 0 Å². The fourth-order valence-electron chi connectivity index (χ4n) is 7.58. The number of nitrogens with zero attached hydrogens (tertiary/aromatic N) is 5. The van der Waals surface area contributed by atoms with E-state index in [9.17, 15) is 2.74 Å². The van der Waals surface area contributed by atoms with Gasteiger partial charge in [0.15, 0.2) is 5.82 Å². The molecule has 0 aliphatic heterocycles. The lowest BCUT2D eigenvalue weighted by molar-refractivity contribution is -0.572. The van der Waals surface area contributed by atoms with E-state index in [-0.39, 0.29) is 16.2 Å². The molecule has 296 valence electrons. The molecular formula is C52H57N5O. The molecule has 0 N–H and O–H groups in total. The van der Waals surface area contributed by atoms with Crippen LogP contribution in [0.2, 0.25) is 0 Å². The van der Waals surface area contributed by atoms with Gasteiger partial charge in [0, 0.05) is 38.0 Å². The second-order valence-corrected chi connectivity index (χ2v) is 19.8. The summed E-state index contributed by atoms with van der Waals surface area (Å²) in [5, 5.41) is 2.26. The molecule has 0 aliphatic rings. The summed E-state index contributed by atoms with van der Waals surface area (Å²) in [4.78, 5) is 9.71. The van der Waals surface area contributed by atoms with Gasteiger partial charge in [0.2, 0.25) is 0 Å². The van der Waals surface area contributed by atoms with Crippen LogP contribution in [-0.2, 0) is 22.6 Å². The molecule has 0 radical (unpaired) electrons. The van der Waals surface area contributed by atoms with Crippen LogP contribution in [0, 0.1) is 11.7 Å². The molecule has 6 nitrogen and oxygen atoms in total. The zero-order chi connectivity index (χ0) is 43.2. The number of hydrogen-bond acceptors (Lipinski definition) is 3. The Morgan fingerprint density at radius 3 is 1.91 bits per heavy atom. The summed E-state index contributed by atoms with van der Waals surface area (Å²) in [5.41, 5.74) is 8.20. The molecule has 0 amide bonds. The quantitative estimate of drug-likeness (QED) is 0.125. The number of fused-ring (bicyclic) bond motifs is 4. The molecule has 0 spiro atoms. The lowest BCUT2D eigenvalue weighted by Crippen LogP contribution is -2.31. The number of aromatic nitrogens is 5. The Bertz CT molecular complexity index is 2890. The highest BCUT2D eigenvalue weighted by molar-refractivity contribution is 6.09. The summed E-state index contributed by atoms with van der Waals surface area (Å²) in [6, 6.07) is 35.4. The molecule has 8 rings (SSSR count). The Kier molecular flexibility index (Phi) is 8.81. The normalized spacial score (nSPS) is 13.7. The van der Waals surface area contributed by atoms with Gasteiger partial charge in [0.25, 0.3) is 6.33 Å². The molecule has 0 unspecified atom stereocenters.